The first-order valence-corrected chi connectivity index (χ1v) is 6.62. The summed E-state index contributed by atoms with van der Waals surface area (Å²) in [5.41, 5.74) is 2.72. The van der Waals surface area contributed by atoms with Crippen LogP contribution in [0.15, 0.2) is 41.1 Å². The van der Waals surface area contributed by atoms with Crippen LogP contribution >= 0.6 is 22.7 Å². The summed E-state index contributed by atoms with van der Waals surface area (Å²) in [6.07, 6.45) is 0. The van der Waals surface area contributed by atoms with Gasteiger partial charge in [0.1, 0.15) is 0 Å². The van der Waals surface area contributed by atoms with Crippen molar-refractivity contribution in [2.75, 3.05) is 0 Å². The van der Waals surface area contributed by atoms with Gasteiger partial charge in [0, 0.05) is 15.1 Å². The molecule has 0 unspecified atom stereocenters. The molecule has 0 amide bonds. The SMILES string of the molecule is Cc1cc(-c2cccs2)c2sccc2c1. The number of aryl methyl sites for hydroxylation is 1. The lowest BCUT2D eigenvalue weighted by atomic mass is 10.1. The Kier molecular flexibility index (Phi) is 2.11. The number of benzene rings is 1. The molecule has 0 radical (unpaired) electrons. The molecule has 1 aromatic carbocycles. The molecule has 0 aliphatic heterocycles. The van der Waals surface area contributed by atoms with Crippen LogP contribution in [0.1, 0.15) is 5.56 Å². The number of fused-ring (bicyclic) bond motifs is 1. The van der Waals surface area contributed by atoms with Crippen LogP contribution < -0.4 is 0 Å². The Hall–Kier alpha value is -1.12. The second kappa shape index (κ2) is 3.47. The van der Waals surface area contributed by atoms with Crippen molar-refractivity contribution in [2.24, 2.45) is 0 Å². The first kappa shape index (κ1) is 9.13. The molecule has 0 atom stereocenters. The van der Waals surface area contributed by atoms with Crippen molar-refractivity contribution >= 4 is 32.8 Å². The Morgan fingerprint density at radius 2 is 1.93 bits per heavy atom. The van der Waals surface area contributed by atoms with E-state index in [1.54, 1.807) is 0 Å². The Labute approximate surface area is 96.8 Å². The lowest BCUT2D eigenvalue weighted by molar-refractivity contribution is 1.52. The third-order valence-corrected chi connectivity index (χ3v) is 4.35. The molecule has 0 bridgehead atoms. The first-order chi connectivity index (χ1) is 7.34. The average Bonchev–Trinajstić information content (AvgIpc) is 2.86. The summed E-state index contributed by atoms with van der Waals surface area (Å²) < 4.78 is 1.41. The zero-order chi connectivity index (χ0) is 10.3. The van der Waals surface area contributed by atoms with E-state index in [4.69, 9.17) is 0 Å². The van der Waals surface area contributed by atoms with E-state index < -0.39 is 0 Å². The fourth-order valence-corrected chi connectivity index (χ4v) is 3.57. The van der Waals surface area contributed by atoms with Gasteiger partial charge in [-0.15, -0.1) is 22.7 Å². The molecule has 0 fully saturated rings. The molecule has 2 heterocycles. The Morgan fingerprint density at radius 1 is 1.00 bits per heavy atom. The summed E-state index contributed by atoms with van der Waals surface area (Å²) in [5.74, 6) is 0. The Balaban J connectivity index is 2.38. The van der Waals surface area contributed by atoms with Crippen LogP contribution in [0.2, 0.25) is 0 Å². The van der Waals surface area contributed by atoms with Crippen LogP contribution in [0.5, 0.6) is 0 Å². The molecule has 2 aromatic heterocycles. The van der Waals surface area contributed by atoms with Gasteiger partial charge in [0.25, 0.3) is 0 Å². The molecule has 3 rings (SSSR count). The minimum absolute atomic E-state index is 1.34. The van der Waals surface area contributed by atoms with Gasteiger partial charge in [0.05, 0.1) is 0 Å². The monoisotopic (exact) mass is 230 g/mol. The molecule has 0 saturated carbocycles. The predicted molar refractivity (Wildman–Crippen MR) is 69.9 cm³/mol. The number of hydrogen-bond acceptors (Lipinski definition) is 2. The molecule has 74 valence electrons. The van der Waals surface area contributed by atoms with Gasteiger partial charge in [0.15, 0.2) is 0 Å². The van der Waals surface area contributed by atoms with Crippen molar-refractivity contribution in [3.63, 3.8) is 0 Å². The third-order valence-electron chi connectivity index (χ3n) is 2.48. The van der Waals surface area contributed by atoms with Gasteiger partial charge < -0.3 is 0 Å². The fraction of sp³-hybridized carbons (Fsp3) is 0.0769. The van der Waals surface area contributed by atoms with Crippen LogP contribution in [0.3, 0.4) is 0 Å². The zero-order valence-electron chi connectivity index (χ0n) is 8.36. The van der Waals surface area contributed by atoms with E-state index in [1.165, 1.54) is 26.1 Å². The summed E-state index contributed by atoms with van der Waals surface area (Å²) in [6.45, 7) is 2.16. The van der Waals surface area contributed by atoms with Crippen molar-refractivity contribution in [1.29, 1.82) is 0 Å². The quantitative estimate of drug-likeness (QED) is 0.555. The largest absolute Gasteiger partial charge is 0.144 e. The van der Waals surface area contributed by atoms with E-state index in [9.17, 15) is 0 Å². The van der Waals surface area contributed by atoms with Gasteiger partial charge in [-0.2, -0.15) is 0 Å². The molecule has 0 aliphatic rings. The highest BCUT2D eigenvalue weighted by atomic mass is 32.1. The third kappa shape index (κ3) is 1.50. The second-order valence-corrected chi connectivity index (χ2v) is 5.49. The predicted octanol–water partition coefficient (Wildman–Crippen LogP) is 4.94. The van der Waals surface area contributed by atoms with Crippen LogP contribution in [-0.2, 0) is 0 Å². The van der Waals surface area contributed by atoms with Crippen LogP contribution in [0, 0.1) is 6.92 Å². The minimum Gasteiger partial charge on any atom is -0.144 e. The Morgan fingerprint density at radius 3 is 2.73 bits per heavy atom. The standard InChI is InChI=1S/C13H10S2/c1-9-7-10-4-6-15-13(10)11(8-9)12-3-2-5-14-12/h2-8H,1H3. The smallest absolute Gasteiger partial charge is 0.0429 e. The van der Waals surface area contributed by atoms with Crippen molar-refractivity contribution in [3.05, 3.63) is 46.7 Å². The summed E-state index contributed by atoms with van der Waals surface area (Å²) in [5, 5.41) is 5.67. The van der Waals surface area contributed by atoms with Crippen LogP contribution in [0.4, 0.5) is 0 Å². The maximum Gasteiger partial charge on any atom is 0.0429 e. The maximum absolute atomic E-state index is 2.28. The summed E-state index contributed by atoms with van der Waals surface area (Å²) in [4.78, 5) is 1.37. The lowest BCUT2D eigenvalue weighted by Crippen LogP contribution is -1.76. The topological polar surface area (TPSA) is 0 Å². The molecule has 15 heavy (non-hydrogen) atoms. The molecular weight excluding hydrogens is 220 g/mol. The summed E-state index contributed by atoms with van der Waals surface area (Å²) in [6, 6.07) is 11.0. The number of hydrogen-bond donors (Lipinski definition) is 0. The minimum atomic E-state index is 1.34. The van der Waals surface area contributed by atoms with E-state index in [0.717, 1.165) is 0 Å². The number of rotatable bonds is 1. The zero-order valence-corrected chi connectivity index (χ0v) is 9.99. The van der Waals surface area contributed by atoms with Crippen LogP contribution in [0.25, 0.3) is 20.5 Å². The molecule has 0 saturated heterocycles. The van der Waals surface area contributed by atoms with E-state index in [1.807, 2.05) is 22.7 Å². The second-order valence-electron chi connectivity index (χ2n) is 3.63. The highest BCUT2D eigenvalue weighted by molar-refractivity contribution is 7.19. The van der Waals surface area contributed by atoms with Gasteiger partial charge in [-0.3, -0.25) is 0 Å². The maximum atomic E-state index is 2.28. The fourth-order valence-electron chi connectivity index (χ4n) is 1.85. The molecular formula is C13H10S2. The first-order valence-electron chi connectivity index (χ1n) is 4.86. The molecule has 0 N–H and O–H groups in total. The van der Waals surface area contributed by atoms with Gasteiger partial charge in [-0.25, -0.2) is 0 Å². The van der Waals surface area contributed by atoms with E-state index >= 15 is 0 Å². The molecule has 2 heteroatoms. The van der Waals surface area contributed by atoms with E-state index in [2.05, 4.69) is 48.0 Å². The lowest BCUT2D eigenvalue weighted by Gasteiger charge is -2.02. The molecule has 0 aliphatic carbocycles. The molecule has 0 nitrogen and oxygen atoms in total. The van der Waals surface area contributed by atoms with Gasteiger partial charge >= 0.3 is 0 Å². The van der Waals surface area contributed by atoms with Crippen molar-refractivity contribution < 1.29 is 0 Å². The Bertz CT molecular complexity index is 588. The highest BCUT2D eigenvalue weighted by Gasteiger charge is 2.06. The summed E-state index contributed by atoms with van der Waals surface area (Å²) >= 11 is 3.64. The van der Waals surface area contributed by atoms with Gasteiger partial charge in [0.2, 0.25) is 0 Å². The van der Waals surface area contributed by atoms with Gasteiger partial charge in [-0.1, -0.05) is 12.1 Å². The normalized spacial score (nSPS) is 11.0. The van der Waals surface area contributed by atoms with E-state index in [0.29, 0.717) is 0 Å². The van der Waals surface area contributed by atoms with Crippen molar-refractivity contribution in [2.45, 2.75) is 6.92 Å². The average molecular weight is 230 g/mol. The summed E-state index contributed by atoms with van der Waals surface area (Å²) in [7, 11) is 0. The van der Waals surface area contributed by atoms with Crippen molar-refractivity contribution in [1.82, 2.24) is 0 Å². The van der Waals surface area contributed by atoms with Gasteiger partial charge in [-0.05, 0) is 46.8 Å². The number of thiophene rings is 2. The molecule has 3 aromatic rings. The highest BCUT2D eigenvalue weighted by Crippen LogP contribution is 2.35. The van der Waals surface area contributed by atoms with Crippen molar-refractivity contribution in [3.8, 4) is 10.4 Å². The van der Waals surface area contributed by atoms with Crippen LogP contribution in [-0.4, -0.2) is 0 Å². The van der Waals surface area contributed by atoms with E-state index in [-0.39, 0.29) is 0 Å². The molecule has 0 spiro atoms.